The number of nitrogens with zero attached hydrogens (tertiary/aromatic N) is 3. The van der Waals surface area contributed by atoms with Gasteiger partial charge in [-0.15, -0.1) is 0 Å². The lowest BCUT2D eigenvalue weighted by molar-refractivity contribution is 0.0964. The number of H-pyrrole nitrogens is 1. The molecule has 6 aromatic rings. The molecule has 3 aromatic heterocycles. The molecular weight excluding hydrogens is 564 g/mol. The number of sulfonamides is 1. The molecule has 0 aliphatic rings. The van der Waals surface area contributed by atoms with Gasteiger partial charge in [0.25, 0.3) is 5.91 Å². The van der Waals surface area contributed by atoms with E-state index in [1.165, 1.54) is 62.9 Å². The minimum atomic E-state index is -3.75. The number of benzene rings is 3. The van der Waals surface area contributed by atoms with E-state index < -0.39 is 21.7 Å². The van der Waals surface area contributed by atoms with E-state index in [2.05, 4.69) is 15.3 Å². The van der Waals surface area contributed by atoms with Gasteiger partial charge < -0.3 is 14.7 Å². The normalized spacial score (nSPS) is 11.7. The van der Waals surface area contributed by atoms with Crippen molar-refractivity contribution in [3.05, 3.63) is 90.3 Å². The SMILES string of the molecule is CNC(=O)c1c(-c2ccc(F)cc2)oc2cc(N(C)S(C)(=O)=O)c(-c3cncc(-c4cc5c(F)cccc5[nH]4)n3)cc12. The Kier molecular flexibility index (Phi) is 6.49. The van der Waals surface area contributed by atoms with Crippen molar-refractivity contribution in [1.29, 1.82) is 0 Å². The number of nitrogens with one attached hydrogen (secondary N) is 2. The molecule has 0 spiro atoms. The van der Waals surface area contributed by atoms with Crippen LogP contribution in [0.2, 0.25) is 0 Å². The maximum absolute atomic E-state index is 14.4. The second-order valence-corrected chi connectivity index (χ2v) is 11.7. The van der Waals surface area contributed by atoms with Crippen LogP contribution in [0.5, 0.6) is 0 Å². The first-order valence-corrected chi connectivity index (χ1v) is 14.5. The molecule has 9 nitrogen and oxygen atoms in total. The van der Waals surface area contributed by atoms with E-state index in [0.29, 0.717) is 44.5 Å². The van der Waals surface area contributed by atoms with Gasteiger partial charge in [0.15, 0.2) is 0 Å². The fourth-order valence-corrected chi connectivity index (χ4v) is 5.32. The summed E-state index contributed by atoms with van der Waals surface area (Å²) in [5.41, 5.74) is 3.23. The predicted molar refractivity (Wildman–Crippen MR) is 157 cm³/mol. The largest absolute Gasteiger partial charge is 0.455 e. The fraction of sp³-hybridized carbons (Fsp3) is 0.100. The zero-order valence-electron chi connectivity index (χ0n) is 22.6. The lowest BCUT2D eigenvalue weighted by Gasteiger charge is -2.20. The molecule has 0 aliphatic heterocycles. The first-order chi connectivity index (χ1) is 20.0. The van der Waals surface area contributed by atoms with Gasteiger partial charge in [0.1, 0.15) is 28.7 Å². The average molecular weight is 588 g/mol. The smallest absolute Gasteiger partial charge is 0.255 e. The minimum absolute atomic E-state index is 0.184. The summed E-state index contributed by atoms with van der Waals surface area (Å²) in [5, 5.41) is 3.38. The van der Waals surface area contributed by atoms with Crippen LogP contribution in [0.4, 0.5) is 14.5 Å². The van der Waals surface area contributed by atoms with Crippen molar-refractivity contribution in [2.45, 2.75) is 0 Å². The maximum atomic E-state index is 14.4. The summed E-state index contributed by atoms with van der Waals surface area (Å²) < 4.78 is 60.5. The second-order valence-electron chi connectivity index (χ2n) is 9.66. The molecule has 0 bridgehead atoms. The van der Waals surface area contributed by atoms with Gasteiger partial charge in [0, 0.05) is 47.6 Å². The van der Waals surface area contributed by atoms with Crippen LogP contribution in [0.15, 0.2) is 77.5 Å². The zero-order valence-corrected chi connectivity index (χ0v) is 23.4. The van der Waals surface area contributed by atoms with Crippen LogP contribution in [0.25, 0.3) is 55.8 Å². The third kappa shape index (κ3) is 4.65. The van der Waals surface area contributed by atoms with Gasteiger partial charge in [-0.1, -0.05) is 6.07 Å². The number of amides is 1. The van der Waals surface area contributed by atoms with E-state index in [1.54, 1.807) is 24.3 Å². The molecule has 1 amide bonds. The number of fused-ring (bicyclic) bond motifs is 2. The van der Waals surface area contributed by atoms with E-state index >= 15 is 0 Å². The number of hydrogen-bond donors (Lipinski definition) is 2. The fourth-order valence-electron chi connectivity index (χ4n) is 4.81. The number of hydrogen-bond acceptors (Lipinski definition) is 6. The first kappa shape index (κ1) is 27.1. The lowest BCUT2D eigenvalue weighted by atomic mass is 10.0. The number of carbonyl (C=O) groups is 1. The summed E-state index contributed by atoms with van der Waals surface area (Å²) in [7, 11) is -0.883. The van der Waals surface area contributed by atoms with Crippen molar-refractivity contribution in [3.63, 3.8) is 0 Å². The summed E-state index contributed by atoms with van der Waals surface area (Å²) in [6.07, 6.45) is 4.03. The number of carbonyl (C=O) groups excluding carboxylic acids is 1. The Morgan fingerprint density at radius 3 is 2.43 bits per heavy atom. The number of rotatable bonds is 6. The number of anilines is 1. The van der Waals surface area contributed by atoms with E-state index in [9.17, 15) is 22.0 Å². The Balaban J connectivity index is 1.60. The van der Waals surface area contributed by atoms with Crippen LogP contribution in [-0.4, -0.2) is 49.6 Å². The molecule has 0 radical (unpaired) electrons. The predicted octanol–water partition coefficient (Wildman–Crippen LogP) is 5.74. The molecular formula is C30H23F2N5O4S. The third-order valence-corrected chi connectivity index (χ3v) is 8.19. The highest BCUT2D eigenvalue weighted by molar-refractivity contribution is 7.92. The van der Waals surface area contributed by atoms with Crippen LogP contribution in [0, 0.1) is 11.6 Å². The van der Waals surface area contributed by atoms with Crippen molar-refractivity contribution in [2.24, 2.45) is 0 Å². The molecule has 6 rings (SSSR count). The van der Waals surface area contributed by atoms with Crippen LogP contribution in [-0.2, 0) is 10.0 Å². The van der Waals surface area contributed by atoms with Crippen LogP contribution >= 0.6 is 0 Å². The molecule has 0 fully saturated rings. The maximum Gasteiger partial charge on any atom is 0.255 e. The highest BCUT2D eigenvalue weighted by atomic mass is 32.2. The monoisotopic (exact) mass is 587 g/mol. The Hall–Kier alpha value is -5.10. The summed E-state index contributed by atoms with van der Waals surface area (Å²) in [6, 6.07) is 14.9. The first-order valence-electron chi connectivity index (χ1n) is 12.7. The standard InChI is InChI=1S/C30H23F2N5O4S/c1-33-30(38)28-20-11-19(24-14-34-15-25(36-24)23-12-18-21(32)5-4-6-22(18)35-23)26(37(2)42(3,39)40)13-27(20)41-29(28)16-7-9-17(31)10-8-16/h4-15,35H,1-3H3,(H,33,38). The van der Waals surface area contributed by atoms with E-state index in [1.807, 2.05) is 0 Å². The van der Waals surface area contributed by atoms with E-state index in [0.717, 1.165) is 10.6 Å². The quantitative estimate of drug-likeness (QED) is 0.256. The summed E-state index contributed by atoms with van der Waals surface area (Å²) >= 11 is 0. The van der Waals surface area contributed by atoms with Crippen molar-refractivity contribution >= 4 is 43.5 Å². The van der Waals surface area contributed by atoms with Gasteiger partial charge in [-0.2, -0.15) is 0 Å². The van der Waals surface area contributed by atoms with Crippen molar-refractivity contribution in [3.8, 4) is 34.0 Å². The van der Waals surface area contributed by atoms with Gasteiger partial charge in [0.2, 0.25) is 10.0 Å². The Bertz CT molecular complexity index is 2120. The van der Waals surface area contributed by atoms with E-state index in [4.69, 9.17) is 9.40 Å². The molecule has 3 aromatic carbocycles. The Labute approximate surface area is 238 Å². The number of furan rings is 1. The van der Waals surface area contributed by atoms with Gasteiger partial charge in [0.05, 0.1) is 41.3 Å². The van der Waals surface area contributed by atoms with Crippen molar-refractivity contribution in [1.82, 2.24) is 20.3 Å². The number of aromatic amines is 1. The summed E-state index contributed by atoms with van der Waals surface area (Å²) in [5.74, 6) is -1.11. The zero-order chi connectivity index (χ0) is 29.8. The molecule has 212 valence electrons. The highest BCUT2D eigenvalue weighted by Gasteiger charge is 2.26. The van der Waals surface area contributed by atoms with Gasteiger partial charge >= 0.3 is 0 Å². The van der Waals surface area contributed by atoms with Gasteiger partial charge in [-0.25, -0.2) is 22.2 Å². The number of halogens is 2. The molecule has 0 atom stereocenters. The average Bonchev–Trinajstić information content (AvgIpc) is 3.58. The molecule has 0 unspecified atom stereocenters. The topological polar surface area (TPSA) is 121 Å². The lowest BCUT2D eigenvalue weighted by Crippen LogP contribution is -2.25. The molecule has 12 heteroatoms. The Morgan fingerprint density at radius 1 is 1.00 bits per heavy atom. The molecule has 0 saturated heterocycles. The van der Waals surface area contributed by atoms with Crippen LogP contribution in [0.3, 0.4) is 0 Å². The third-order valence-electron chi connectivity index (χ3n) is 7.00. The minimum Gasteiger partial charge on any atom is -0.455 e. The Morgan fingerprint density at radius 2 is 1.74 bits per heavy atom. The number of aromatic nitrogens is 3. The van der Waals surface area contributed by atoms with Gasteiger partial charge in [-0.05, 0) is 48.5 Å². The van der Waals surface area contributed by atoms with Crippen molar-refractivity contribution < 1.29 is 26.4 Å². The summed E-state index contributed by atoms with van der Waals surface area (Å²) in [6.45, 7) is 0. The molecule has 3 heterocycles. The van der Waals surface area contributed by atoms with Gasteiger partial charge in [-0.3, -0.25) is 14.1 Å². The van der Waals surface area contributed by atoms with E-state index in [-0.39, 0.29) is 28.4 Å². The second kappa shape index (κ2) is 10.1. The highest BCUT2D eigenvalue weighted by Crippen LogP contribution is 2.41. The molecule has 0 saturated carbocycles. The summed E-state index contributed by atoms with van der Waals surface area (Å²) in [4.78, 5) is 25.3. The molecule has 42 heavy (non-hydrogen) atoms. The van der Waals surface area contributed by atoms with Crippen LogP contribution in [0.1, 0.15) is 10.4 Å². The molecule has 0 aliphatic carbocycles. The van der Waals surface area contributed by atoms with Crippen LogP contribution < -0.4 is 9.62 Å². The molecule has 2 N–H and O–H groups in total. The van der Waals surface area contributed by atoms with Crippen molar-refractivity contribution in [2.75, 3.05) is 24.7 Å².